The molecule has 0 atom stereocenters. The van der Waals surface area contributed by atoms with Gasteiger partial charge >= 0.3 is 5.97 Å². The monoisotopic (exact) mass is 280 g/mol. The van der Waals surface area contributed by atoms with Crippen molar-refractivity contribution in [3.8, 4) is 0 Å². The molecule has 0 spiro atoms. The average Bonchev–Trinajstić information content (AvgIpc) is 2.36. The third-order valence-electron chi connectivity index (χ3n) is 2.34. The Morgan fingerprint density at radius 1 is 1.35 bits per heavy atom. The zero-order chi connectivity index (χ0) is 15.1. The molecule has 108 valence electrons. The summed E-state index contributed by atoms with van der Waals surface area (Å²) in [6.45, 7) is 3.18. The number of benzene rings is 1. The number of nitrogens with one attached hydrogen (secondary N) is 1. The van der Waals surface area contributed by atoms with Crippen LogP contribution in [0.15, 0.2) is 24.3 Å². The van der Waals surface area contributed by atoms with E-state index < -0.39 is 23.4 Å². The van der Waals surface area contributed by atoms with E-state index >= 15 is 0 Å². The van der Waals surface area contributed by atoms with Gasteiger partial charge in [-0.2, -0.15) is 0 Å². The second-order valence-electron chi connectivity index (χ2n) is 4.45. The molecule has 0 heterocycles. The van der Waals surface area contributed by atoms with Crippen LogP contribution in [0.4, 0.5) is 5.69 Å². The normalized spacial score (nSPS) is 10.2. The smallest absolute Gasteiger partial charge is 0.311 e. The van der Waals surface area contributed by atoms with Crippen LogP contribution in [0.3, 0.4) is 0 Å². The molecule has 1 N–H and O–H groups in total. The highest BCUT2D eigenvalue weighted by Crippen LogP contribution is 2.18. The molecule has 0 aliphatic rings. The molecule has 0 unspecified atom stereocenters. The van der Waals surface area contributed by atoms with Crippen molar-refractivity contribution in [2.75, 3.05) is 6.61 Å². The summed E-state index contributed by atoms with van der Waals surface area (Å²) in [5.74, 6) is -1.09. The molecule has 7 heteroatoms. The first-order chi connectivity index (χ1) is 9.40. The number of hydrogen-bond acceptors (Lipinski definition) is 5. The van der Waals surface area contributed by atoms with Crippen LogP contribution in [0.5, 0.6) is 0 Å². The summed E-state index contributed by atoms with van der Waals surface area (Å²) in [5, 5.41) is 13.3. The Balaban J connectivity index is 2.55. The summed E-state index contributed by atoms with van der Waals surface area (Å²) in [6.07, 6.45) is -0.244. The Morgan fingerprint density at radius 2 is 2.00 bits per heavy atom. The van der Waals surface area contributed by atoms with Gasteiger partial charge in [0.2, 0.25) is 0 Å². The largest absolute Gasteiger partial charge is 0.455 e. The molecule has 0 aromatic heterocycles. The first-order valence-corrected chi connectivity index (χ1v) is 6.07. The van der Waals surface area contributed by atoms with Crippen molar-refractivity contribution >= 4 is 17.6 Å². The summed E-state index contributed by atoms with van der Waals surface area (Å²) in [6, 6.07) is 5.86. The van der Waals surface area contributed by atoms with E-state index in [2.05, 4.69) is 5.32 Å². The molecule has 1 aromatic rings. The Labute approximate surface area is 116 Å². The van der Waals surface area contributed by atoms with Crippen molar-refractivity contribution in [2.24, 2.45) is 0 Å². The maximum atomic E-state index is 11.6. The summed E-state index contributed by atoms with van der Waals surface area (Å²) in [7, 11) is 0. The maximum Gasteiger partial charge on any atom is 0.311 e. The second-order valence-corrected chi connectivity index (χ2v) is 4.45. The minimum atomic E-state index is -0.682. The molecule has 0 aliphatic heterocycles. The van der Waals surface area contributed by atoms with E-state index in [1.165, 1.54) is 18.2 Å². The van der Waals surface area contributed by atoms with Gasteiger partial charge in [0.1, 0.15) is 0 Å². The van der Waals surface area contributed by atoms with Gasteiger partial charge in [0.05, 0.1) is 11.3 Å². The molecule has 0 fully saturated rings. The topological polar surface area (TPSA) is 98.5 Å². The Kier molecular flexibility index (Phi) is 5.64. The molecule has 1 rings (SSSR count). The van der Waals surface area contributed by atoms with E-state index in [4.69, 9.17) is 4.74 Å². The lowest BCUT2D eigenvalue weighted by Crippen LogP contribution is -2.34. The van der Waals surface area contributed by atoms with Crippen molar-refractivity contribution in [1.29, 1.82) is 0 Å². The van der Waals surface area contributed by atoms with Gasteiger partial charge in [-0.25, -0.2) is 0 Å². The van der Waals surface area contributed by atoms with Crippen LogP contribution in [0, 0.1) is 10.1 Å². The predicted molar refractivity (Wildman–Crippen MR) is 71.0 cm³/mol. The molecule has 0 bridgehead atoms. The zero-order valence-electron chi connectivity index (χ0n) is 11.3. The lowest BCUT2D eigenvalue weighted by atomic mass is 10.1. The molecular weight excluding hydrogens is 264 g/mol. The van der Waals surface area contributed by atoms with Gasteiger partial charge in [-0.15, -0.1) is 0 Å². The lowest BCUT2D eigenvalue weighted by Gasteiger charge is -2.09. The van der Waals surface area contributed by atoms with E-state index in [-0.39, 0.29) is 23.7 Å². The van der Waals surface area contributed by atoms with Crippen LogP contribution >= 0.6 is 0 Å². The van der Waals surface area contributed by atoms with Gasteiger partial charge in [-0.1, -0.05) is 18.2 Å². The van der Waals surface area contributed by atoms with Crippen molar-refractivity contribution in [3.63, 3.8) is 0 Å². The van der Waals surface area contributed by atoms with E-state index in [1.807, 2.05) is 0 Å². The number of ether oxygens (including phenoxy) is 1. The average molecular weight is 280 g/mol. The van der Waals surface area contributed by atoms with Gasteiger partial charge in [0, 0.05) is 17.7 Å². The van der Waals surface area contributed by atoms with Crippen molar-refractivity contribution in [2.45, 2.75) is 26.3 Å². The van der Waals surface area contributed by atoms with Crippen molar-refractivity contribution in [1.82, 2.24) is 5.32 Å². The highest BCUT2D eigenvalue weighted by molar-refractivity contribution is 5.81. The fourth-order valence-corrected chi connectivity index (χ4v) is 1.55. The van der Waals surface area contributed by atoms with Gasteiger partial charge in [-0.05, 0) is 13.8 Å². The number of esters is 1. The van der Waals surface area contributed by atoms with Crippen molar-refractivity contribution in [3.05, 3.63) is 39.9 Å². The Morgan fingerprint density at radius 3 is 2.60 bits per heavy atom. The lowest BCUT2D eigenvalue weighted by molar-refractivity contribution is -0.385. The predicted octanol–water partition coefficient (Wildman–Crippen LogP) is 1.21. The molecule has 0 aliphatic carbocycles. The summed E-state index contributed by atoms with van der Waals surface area (Å²) < 4.78 is 4.77. The van der Waals surface area contributed by atoms with Crippen LogP contribution in [-0.4, -0.2) is 29.4 Å². The summed E-state index contributed by atoms with van der Waals surface area (Å²) >= 11 is 0. The number of carbonyl (C=O) groups excluding carboxylic acids is 2. The Bertz CT molecular complexity index is 513. The van der Waals surface area contributed by atoms with E-state index in [9.17, 15) is 19.7 Å². The Hall–Kier alpha value is -2.44. The van der Waals surface area contributed by atoms with Crippen LogP contribution in [-0.2, 0) is 20.7 Å². The van der Waals surface area contributed by atoms with Crippen LogP contribution in [0.1, 0.15) is 19.4 Å². The van der Waals surface area contributed by atoms with Crippen molar-refractivity contribution < 1.29 is 19.2 Å². The molecule has 0 saturated heterocycles. The first kappa shape index (κ1) is 15.6. The fraction of sp³-hybridized carbons (Fsp3) is 0.385. The first-order valence-electron chi connectivity index (χ1n) is 6.07. The highest BCUT2D eigenvalue weighted by atomic mass is 16.6. The quantitative estimate of drug-likeness (QED) is 0.479. The van der Waals surface area contributed by atoms with Crippen LogP contribution < -0.4 is 5.32 Å². The number of rotatable bonds is 6. The van der Waals surface area contributed by atoms with Gasteiger partial charge in [-0.3, -0.25) is 19.7 Å². The van der Waals surface area contributed by atoms with Gasteiger partial charge in [0.25, 0.3) is 11.6 Å². The molecule has 0 radical (unpaired) electrons. The summed E-state index contributed by atoms with van der Waals surface area (Å²) in [5.41, 5.74) is 0.114. The number of nitro benzene ring substituents is 1. The van der Waals surface area contributed by atoms with Crippen LogP contribution in [0.2, 0.25) is 0 Å². The van der Waals surface area contributed by atoms with E-state index in [0.717, 1.165) is 0 Å². The minimum absolute atomic E-state index is 0.0450. The van der Waals surface area contributed by atoms with Gasteiger partial charge < -0.3 is 10.1 Å². The molecule has 1 aromatic carbocycles. The molecular formula is C13H16N2O5. The van der Waals surface area contributed by atoms with Crippen LogP contribution in [0.25, 0.3) is 0 Å². The fourth-order valence-electron chi connectivity index (χ4n) is 1.55. The molecule has 1 amide bonds. The third-order valence-corrected chi connectivity index (χ3v) is 2.34. The standard InChI is InChI=1S/C13H16N2O5/c1-9(2)14-12(16)8-20-13(17)7-10-5-3-4-6-11(10)15(18)19/h3-6,9H,7-8H2,1-2H3,(H,14,16). The second kappa shape index (κ2) is 7.22. The number of amides is 1. The minimum Gasteiger partial charge on any atom is -0.455 e. The highest BCUT2D eigenvalue weighted by Gasteiger charge is 2.17. The molecule has 0 saturated carbocycles. The summed E-state index contributed by atoms with van der Waals surface area (Å²) in [4.78, 5) is 33.1. The number of nitro groups is 1. The number of para-hydroxylation sites is 1. The number of hydrogen-bond donors (Lipinski definition) is 1. The maximum absolute atomic E-state index is 11.6. The SMILES string of the molecule is CC(C)NC(=O)COC(=O)Cc1ccccc1[N+](=O)[O-]. The molecule has 7 nitrogen and oxygen atoms in total. The number of nitrogens with zero attached hydrogens (tertiary/aromatic N) is 1. The van der Waals surface area contributed by atoms with Gasteiger partial charge in [0.15, 0.2) is 6.61 Å². The zero-order valence-corrected chi connectivity index (χ0v) is 11.3. The third kappa shape index (κ3) is 5.05. The number of carbonyl (C=O) groups is 2. The van der Waals surface area contributed by atoms with E-state index in [1.54, 1.807) is 19.9 Å². The molecule has 20 heavy (non-hydrogen) atoms. The van der Waals surface area contributed by atoms with E-state index in [0.29, 0.717) is 0 Å².